The predicted molar refractivity (Wildman–Crippen MR) is 160 cm³/mol. The summed E-state index contributed by atoms with van der Waals surface area (Å²) in [6.07, 6.45) is 1.75. The van der Waals surface area contributed by atoms with Crippen molar-refractivity contribution in [3.05, 3.63) is 90.8 Å². The van der Waals surface area contributed by atoms with Gasteiger partial charge in [-0.05, 0) is 24.3 Å². The summed E-state index contributed by atoms with van der Waals surface area (Å²) < 4.78 is 17.8. The fourth-order valence-electron chi connectivity index (χ4n) is 4.50. The van der Waals surface area contributed by atoms with E-state index in [1.54, 1.807) is 12.3 Å². The van der Waals surface area contributed by atoms with Gasteiger partial charge in [0.2, 0.25) is 0 Å². The Kier molecular flexibility index (Phi) is 7.90. The van der Waals surface area contributed by atoms with Crippen LogP contribution in [0.4, 0.5) is 5.69 Å². The third-order valence-electron chi connectivity index (χ3n) is 6.62. The van der Waals surface area contributed by atoms with Gasteiger partial charge in [-0.15, -0.1) is 0 Å². The van der Waals surface area contributed by atoms with Gasteiger partial charge in [0.25, 0.3) is 5.91 Å². The van der Waals surface area contributed by atoms with Gasteiger partial charge in [0.1, 0.15) is 33.4 Å². The average molecular weight is 570 g/mol. The first-order chi connectivity index (χ1) is 19.6. The van der Waals surface area contributed by atoms with Crippen LogP contribution < -0.4 is 10.1 Å². The highest BCUT2D eigenvalue weighted by Gasteiger charge is 2.18. The molecule has 40 heavy (non-hydrogen) atoms. The van der Waals surface area contributed by atoms with E-state index in [-0.39, 0.29) is 11.6 Å². The number of hydrogen-bond donors (Lipinski definition) is 1. The first-order valence-electron chi connectivity index (χ1n) is 13.0. The van der Waals surface area contributed by atoms with E-state index in [1.165, 1.54) is 11.3 Å². The minimum absolute atomic E-state index is 0.255. The maximum Gasteiger partial charge on any atom is 0.274 e. The monoisotopic (exact) mass is 569 g/mol. The first kappa shape index (κ1) is 26.2. The summed E-state index contributed by atoms with van der Waals surface area (Å²) >= 11 is 1.48. The Morgan fingerprint density at radius 3 is 2.60 bits per heavy atom. The van der Waals surface area contributed by atoms with Crippen LogP contribution in [0.1, 0.15) is 10.5 Å². The van der Waals surface area contributed by atoms with Crippen LogP contribution in [0.2, 0.25) is 0 Å². The number of carbonyl (C=O) groups is 1. The normalized spacial score (nSPS) is 14.3. The van der Waals surface area contributed by atoms with Gasteiger partial charge in [0, 0.05) is 71.4 Å². The number of para-hydroxylation sites is 1. The third kappa shape index (κ3) is 6.09. The van der Waals surface area contributed by atoms with Crippen molar-refractivity contribution in [3.63, 3.8) is 0 Å². The van der Waals surface area contributed by atoms with Gasteiger partial charge in [-0.25, -0.2) is 15.0 Å². The summed E-state index contributed by atoms with van der Waals surface area (Å²) in [5, 5.41) is 3.82. The van der Waals surface area contributed by atoms with E-state index in [0.717, 1.165) is 46.1 Å². The molecule has 1 fully saturated rings. The van der Waals surface area contributed by atoms with E-state index < -0.39 is 10.8 Å². The van der Waals surface area contributed by atoms with E-state index in [4.69, 9.17) is 9.72 Å². The highest BCUT2D eigenvalue weighted by Crippen LogP contribution is 2.34. The summed E-state index contributed by atoms with van der Waals surface area (Å²) in [6.45, 7) is 2.80. The van der Waals surface area contributed by atoms with E-state index in [0.29, 0.717) is 35.2 Å². The summed E-state index contributed by atoms with van der Waals surface area (Å²) in [4.78, 5) is 30.5. The van der Waals surface area contributed by atoms with Crippen LogP contribution in [0.25, 0.3) is 32.2 Å². The Morgan fingerprint density at radius 1 is 0.975 bits per heavy atom. The second kappa shape index (κ2) is 12.0. The number of thiazole rings is 1. The zero-order valence-corrected chi connectivity index (χ0v) is 23.3. The lowest BCUT2D eigenvalue weighted by Gasteiger charge is -2.25. The molecule has 1 N–H and O–H groups in total. The Balaban J connectivity index is 1.25. The Labute approximate surface area is 238 Å². The molecule has 0 saturated carbocycles. The molecule has 5 aromatic rings. The molecule has 0 unspecified atom stereocenters. The van der Waals surface area contributed by atoms with Gasteiger partial charge in [-0.1, -0.05) is 53.8 Å². The van der Waals surface area contributed by atoms with Crippen LogP contribution >= 0.6 is 11.3 Å². The first-order valence-corrected chi connectivity index (χ1v) is 15.3. The molecule has 0 radical (unpaired) electrons. The molecule has 4 heterocycles. The van der Waals surface area contributed by atoms with E-state index in [1.807, 2.05) is 72.8 Å². The number of anilines is 1. The number of pyridine rings is 2. The number of nitrogens with one attached hydrogen (secondary N) is 1. The van der Waals surface area contributed by atoms with Crippen LogP contribution in [0.5, 0.6) is 5.75 Å². The van der Waals surface area contributed by atoms with Crippen LogP contribution in [0, 0.1) is 0 Å². The van der Waals surface area contributed by atoms with Crippen molar-refractivity contribution in [2.45, 2.75) is 0 Å². The predicted octanol–water partition coefficient (Wildman–Crippen LogP) is 5.12. The quantitative estimate of drug-likeness (QED) is 0.277. The Bertz CT molecular complexity index is 1630. The summed E-state index contributed by atoms with van der Waals surface area (Å²) in [6, 6.07) is 24.7. The number of amides is 1. The minimum atomic E-state index is -0.712. The number of carbonyl (C=O) groups excluding carboxylic acids is 1. The van der Waals surface area contributed by atoms with E-state index in [2.05, 4.69) is 20.2 Å². The minimum Gasteiger partial charge on any atom is -0.492 e. The number of aromatic nitrogens is 3. The molecule has 0 spiro atoms. The summed E-state index contributed by atoms with van der Waals surface area (Å²) in [5.74, 6) is 1.64. The second-order valence-corrected chi connectivity index (χ2v) is 12.0. The smallest absolute Gasteiger partial charge is 0.274 e. The van der Waals surface area contributed by atoms with Gasteiger partial charge in [0.05, 0.1) is 11.4 Å². The van der Waals surface area contributed by atoms with Crippen molar-refractivity contribution in [2.24, 2.45) is 0 Å². The number of nitrogens with zero attached hydrogens (tertiary/aromatic N) is 4. The molecular weight excluding hydrogens is 542 g/mol. The molecule has 2 aromatic carbocycles. The standard InChI is InChI=1S/C30H27N5O3S2/c36-28(33-24-10-5-4-9-23(24)29-34-25-11-6-12-31-30(25)39-29)27-20-22(19-26(32-27)21-7-2-1-3-8-21)38-16-13-35-14-17-40(37)18-15-35/h1-12,19-20H,13-18H2,(H,33,36). The highest BCUT2D eigenvalue weighted by atomic mass is 32.2. The van der Waals surface area contributed by atoms with Gasteiger partial charge < -0.3 is 10.1 Å². The Hall–Kier alpha value is -3.99. The number of benzene rings is 2. The number of ether oxygens (including phenoxy) is 1. The molecule has 1 amide bonds. The van der Waals surface area contributed by atoms with Crippen molar-refractivity contribution in [1.82, 2.24) is 19.9 Å². The molecule has 10 heteroatoms. The molecule has 202 valence electrons. The summed E-state index contributed by atoms with van der Waals surface area (Å²) in [5.41, 5.74) is 4.08. The van der Waals surface area contributed by atoms with Crippen LogP contribution in [-0.2, 0) is 10.8 Å². The fraction of sp³-hybridized carbons (Fsp3) is 0.200. The Morgan fingerprint density at radius 2 is 1.77 bits per heavy atom. The van der Waals surface area contributed by atoms with Crippen LogP contribution in [0.15, 0.2) is 85.1 Å². The lowest BCUT2D eigenvalue weighted by atomic mass is 10.1. The number of hydrogen-bond acceptors (Lipinski definition) is 8. The fourth-order valence-corrected chi connectivity index (χ4v) is 6.58. The maximum absolute atomic E-state index is 13.6. The topological polar surface area (TPSA) is 97.3 Å². The molecule has 1 saturated heterocycles. The van der Waals surface area contributed by atoms with Crippen molar-refractivity contribution in [2.75, 3.05) is 43.1 Å². The lowest BCUT2D eigenvalue weighted by Crippen LogP contribution is -2.39. The molecule has 0 atom stereocenters. The molecule has 1 aliphatic rings. The third-order valence-corrected chi connectivity index (χ3v) is 8.91. The molecular formula is C30H27N5O3S2. The number of rotatable bonds is 8. The second-order valence-electron chi connectivity index (χ2n) is 9.32. The van der Waals surface area contributed by atoms with Gasteiger partial charge in [-0.3, -0.25) is 13.9 Å². The van der Waals surface area contributed by atoms with Crippen LogP contribution in [0.3, 0.4) is 0 Å². The molecule has 6 rings (SSSR count). The van der Waals surface area contributed by atoms with Crippen molar-refractivity contribution < 1.29 is 13.7 Å². The SMILES string of the molecule is O=C(Nc1ccccc1-c1nc2cccnc2s1)c1cc(OCCN2CCS(=O)CC2)cc(-c2ccccc2)n1. The van der Waals surface area contributed by atoms with Crippen molar-refractivity contribution in [3.8, 4) is 27.6 Å². The molecule has 1 aliphatic heterocycles. The van der Waals surface area contributed by atoms with Gasteiger partial charge >= 0.3 is 0 Å². The number of fused-ring (bicyclic) bond motifs is 1. The lowest BCUT2D eigenvalue weighted by molar-refractivity contribution is 0.102. The van der Waals surface area contributed by atoms with Crippen molar-refractivity contribution in [1.29, 1.82) is 0 Å². The molecule has 3 aromatic heterocycles. The average Bonchev–Trinajstić information content (AvgIpc) is 3.43. The molecule has 0 aliphatic carbocycles. The highest BCUT2D eigenvalue weighted by molar-refractivity contribution is 7.85. The van der Waals surface area contributed by atoms with Crippen LogP contribution in [-0.4, -0.2) is 67.7 Å². The van der Waals surface area contributed by atoms with Crippen molar-refractivity contribution >= 4 is 44.1 Å². The van der Waals surface area contributed by atoms with E-state index in [9.17, 15) is 9.00 Å². The zero-order valence-electron chi connectivity index (χ0n) is 21.7. The van der Waals surface area contributed by atoms with Gasteiger partial charge in [-0.2, -0.15) is 0 Å². The summed E-state index contributed by atoms with van der Waals surface area (Å²) in [7, 11) is -0.712. The van der Waals surface area contributed by atoms with Gasteiger partial charge in [0.15, 0.2) is 0 Å². The molecule has 0 bridgehead atoms. The van der Waals surface area contributed by atoms with E-state index >= 15 is 0 Å². The zero-order chi connectivity index (χ0) is 27.3. The largest absolute Gasteiger partial charge is 0.492 e. The maximum atomic E-state index is 13.6. The molecule has 8 nitrogen and oxygen atoms in total.